The third kappa shape index (κ3) is 13.1. The molecule has 192 valence electrons. The minimum Gasteiger partial charge on any atom is -0.446 e. The summed E-state index contributed by atoms with van der Waals surface area (Å²) in [5, 5.41) is 0. The van der Waals surface area contributed by atoms with E-state index in [0.717, 1.165) is 13.0 Å². The molecule has 1 amide bonds. The van der Waals surface area contributed by atoms with Crippen molar-refractivity contribution in [1.82, 2.24) is 4.90 Å². The first kappa shape index (κ1) is 31.3. The smallest absolute Gasteiger partial charge is 0.410 e. The molecule has 0 aliphatic rings. The first-order valence-corrected chi connectivity index (χ1v) is 13.9. The maximum absolute atomic E-state index is 13.6. The van der Waals surface area contributed by atoms with E-state index in [1.807, 2.05) is 4.90 Å². The van der Waals surface area contributed by atoms with Crippen molar-refractivity contribution in [2.24, 2.45) is 23.7 Å². The van der Waals surface area contributed by atoms with Crippen molar-refractivity contribution in [2.75, 3.05) is 6.54 Å². The fourth-order valence-corrected chi connectivity index (χ4v) is 5.14. The molecule has 0 spiro atoms. The van der Waals surface area contributed by atoms with Gasteiger partial charge in [-0.1, -0.05) is 107 Å². The molecule has 0 N–H and O–H groups in total. The highest BCUT2D eigenvalue weighted by Crippen LogP contribution is 2.31. The zero-order chi connectivity index (χ0) is 24.7. The highest BCUT2D eigenvalue weighted by Gasteiger charge is 2.36. The molecule has 3 heteroatoms. The van der Waals surface area contributed by atoms with Crippen LogP contribution in [0.5, 0.6) is 0 Å². The second kappa shape index (κ2) is 16.8. The van der Waals surface area contributed by atoms with Crippen LogP contribution in [0.15, 0.2) is 0 Å². The summed E-state index contributed by atoms with van der Waals surface area (Å²) in [5.41, 5.74) is -0.200. The van der Waals surface area contributed by atoms with E-state index in [-0.39, 0.29) is 17.7 Å². The van der Waals surface area contributed by atoms with Gasteiger partial charge in [0.2, 0.25) is 0 Å². The summed E-state index contributed by atoms with van der Waals surface area (Å²) in [6.45, 7) is 23.0. The van der Waals surface area contributed by atoms with E-state index in [1.165, 1.54) is 64.2 Å². The second-order valence-corrected chi connectivity index (χ2v) is 12.0. The van der Waals surface area contributed by atoms with Gasteiger partial charge < -0.3 is 9.64 Å². The van der Waals surface area contributed by atoms with Crippen molar-refractivity contribution in [1.29, 1.82) is 0 Å². The Balaban J connectivity index is 5.50. The number of amides is 1. The van der Waals surface area contributed by atoms with Gasteiger partial charge >= 0.3 is 6.09 Å². The van der Waals surface area contributed by atoms with Crippen molar-refractivity contribution < 1.29 is 9.53 Å². The number of hydrogen-bond donors (Lipinski definition) is 0. The lowest BCUT2D eigenvalue weighted by molar-refractivity contribution is -0.0175. The zero-order valence-electron chi connectivity index (χ0n) is 23.6. The third-order valence-corrected chi connectivity index (χ3v) is 6.62. The molecule has 32 heavy (non-hydrogen) atoms. The Bertz CT molecular complexity index is 458. The number of rotatable bonds is 18. The molecular formula is C29H59NO2. The molecule has 1 atom stereocenters. The maximum atomic E-state index is 13.6. The monoisotopic (exact) mass is 453 g/mol. The molecule has 0 fully saturated rings. The van der Waals surface area contributed by atoms with Gasteiger partial charge in [0.05, 0.1) is 0 Å². The van der Waals surface area contributed by atoms with Crippen LogP contribution in [0, 0.1) is 23.7 Å². The van der Waals surface area contributed by atoms with Crippen LogP contribution in [0.4, 0.5) is 4.79 Å². The Hall–Kier alpha value is -0.730. The molecule has 0 radical (unpaired) electrons. The van der Waals surface area contributed by atoms with Crippen molar-refractivity contribution >= 4 is 6.09 Å². The highest BCUT2D eigenvalue weighted by atomic mass is 16.6. The lowest BCUT2D eigenvalue weighted by atomic mass is 9.84. The molecule has 0 rings (SSSR count). The Morgan fingerprint density at radius 3 is 1.66 bits per heavy atom. The molecule has 0 saturated carbocycles. The van der Waals surface area contributed by atoms with E-state index in [4.69, 9.17) is 4.74 Å². The molecule has 0 bridgehead atoms. The van der Waals surface area contributed by atoms with Crippen LogP contribution >= 0.6 is 0 Å². The second-order valence-electron chi connectivity index (χ2n) is 12.0. The first-order chi connectivity index (χ1) is 15.0. The fourth-order valence-electron chi connectivity index (χ4n) is 5.14. The van der Waals surface area contributed by atoms with Gasteiger partial charge in [0.1, 0.15) is 6.10 Å². The van der Waals surface area contributed by atoms with Gasteiger partial charge in [0, 0.05) is 12.1 Å². The van der Waals surface area contributed by atoms with Gasteiger partial charge in [-0.3, -0.25) is 0 Å². The van der Waals surface area contributed by atoms with Crippen molar-refractivity contribution in [3.63, 3.8) is 0 Å². The van der Waals surface area contributed by atoms with Gasteiger partial charge in [0.25, 0.3) is 0 Å². The lowest BCUT2D eigenvalue weighted by Gasteiger charge is -2.42. The standard InChI is InChI=1S/C29H59NO2/c1-11-13-15-17-19-26(20-18-16-14-12-2)27(25(7)8)32-28(31)30(22-24(5)6)29(9,10)21-23(3)4/h23-27H,11-22H2,1-10H3. The van der Waals surface area contributed by atoms with Crippen molar-refractivity contribution in [2.45, 2.75) is 152 Å². The predicted molar refractivity (Wildman–Crippen MR) is 141 cm³/mol. The van der Waals surface area contributed by atoms with E-state index in [0.29, 0.717) is 23.7 Å². The SMILES string of the molecule is CCCCCCC(CCCCCC)C(OC(=O)N(CC(C)C)C(C)(C)CC(C)C)C(C)C. The van der Waals surface area contributed by atoms with Crippen LogP contribution < -0.4 is 0 Å². The summed E-state index contributed by atoms with van der Waals surface area (Å²) >= 11 is 0. The van der Waals surface area contributed by atoms with Crippen molar-refractivity contribution in [3.8, 4) is 0 Å². The van der Waals surface area contributed by atoms with Crippen molar-refractivity contribution in [3.05, 3.63) is 0 Å². The molecule has 3 nitrogen and oxygen atoms in total. The molecule has 0 aliphatic carbocycles. The molecule has 0 aromatic carbocycles. The average Bonchev–Trinajstić information content (AvgIpc) is 2.67. The van der Waals surface area contributed by atoms with Crippen LogP contribution in [0.3, 0.4) is 0 Å². The van der Waals surface area contributed by atoms with Gasteiger partial charge in [-0.2, -0.15) is 0 Å². The Kier molecular flexibility index (Phi) is 16.4. The quantitative estimate of drug-likeness (QED) is 0.193. The fraction of sp³-hybridized carbons (Fsp3) is 0.966. The van der Waals surface area contributed by atoms with Crippen LogP contribution in [0.1, 0.15) is 140 Å². The maximum Gasteiger partial charge on any atom is 0.410 e. The predicted octanol–water partition coefficient (Wildman–Crippen LogP) is 9.49. The summed E-state index contributed by atoms with van der Waals surface area (Å²) in [5.74, 6) is 1.78. The summed E-state index contributed by atoms with van der Waals surface area (Å²) in [4.78, 5) is 15.6. The third-order valence-electron chi connectivity index (χ3n) is 6.62. The normalized spacial score (nSPS) is 13.4. The Morgan fingerprint density at radius 2 is 1.28 bits per heavy atom. The summed E-state index contributed by atoms with van der Waals surface area (Å²) in [6, 6.07) is 0. The number of carbonyl (C=O) groups is 1. The number of hydrogen-bond acceptors (Lipinski definition) is 2. The topological polar surface area (TPSA) is 29.5 Å². The summed E-state index contributed by atoms with van der Waals surface area (Å²) in [6.07, 6.45) is 13.5. The molecule has 0 aromatic heterocycles. The number of nitrogens with zero attached hydrogens (tertiary/aromatic N) is 1. The van der Waals surface area contributed by atoms with E-state index >= 15 is 0 Å². The number of unbranched alkanes of at least 4 members (excludes halogenated alkanes) is 6. The molecular weight excluding hydrogens is 394 g/mol. The molecule has 0 aliphatic heterocycles. The molecule has 1 unspecified atom stereocenters. The lowest BCUT2D eigenvalue weighted by Crippen LogP contribution is -2.51. The van der Waals surface area contributed by atoms with Gasteiger partial charge in [0.15, 0.2) is 0 Å². The van der Waals surface area contributed by atoms with E-state index in [9.17, 15) is 4.79 Å². The Labute approximate surface area is 202 Å². The molecule has 0 heterocycles. The van der Waals surface area contributed by atoms with Crippen LogP contribution in [0.2, 0.25) is 0 Å². The zero-order valence-corrected chi connectivity index (χ0v) is 23.6. The van der Waals surface area contributed by atoms with E-state index in [2.05, 4.69) is 69.2 Å². The van der Waals surface area contributed by atoms with Gasteiger partial charge in [-0.05, 0) is 56.8 Å². The molecule has 0 aromatic rings. The van der Waals surface area contributed by atoms with Crippen LogP contribution in [-0.2, 0) is 4.74 Å². The van der Waals surface area contributed by atoms with Crippen LogP contribution in [-0.4, -0.2) is 29.2 Å². The van der Waals surface area contributed by atoms with E-state index in [1.54, 1.807) is 0 Å². The summed E-state index contributed by atoms with van der Waals surface area (Å²) in [7, 11) is 0. The average molecular weight is 454 g/mol. The summed E-state index contributed by atoms with van der Waals surface area (Å²) < 4.78 is 6.41. The molecule has 0 saturated heterocycles. The minimum absolute atomic E-state index is 0.00950. The largest absolute Gasteiger partial charge is 0.446 e. The number of ether oxygens (including phenoxy) is 1. The minimum atomic E-state index is -0.200. The van der Waals surface area contributed by atoms with Gasteiger partial charge in [-0.25, -0.2) is 4.79 Å². The first-order valence-electron chi connectivity index (χ1n) is 13.9. The van der Waals surface area contributed by atoms with Crippen LogP contribution in [0.25, 0.3) is 0 Å². The highest BCUT2D eigenvalue weighted by molar-refractivity contribution is 5.69. The number of carbonyl (C=O) groups excluding carboxylic acids is 1. The van der Waals surface area contributed by atoms with Gasteiger partial charge in [-0.15, -0.1) is 0 Å². The van der Waals surface area contributed by atoms with E-state index < -0.39 is 0 Å². The Morgan fingerprint density at radius 1 is 0.781 bits per heavy atom.